The van der Waals surface area contributed by atoms with E-state index in [0.29, 0.717) is 5.56 Å². The fourth-order valence-corrected chi connectivity index (χ4v) is 3.22. The molecule has 0 aromatic carbocycles. The topological polar surface area (TPSA) is 149 Å². The van der Waals surface area contributed by atoms with Crippen LogP contribution in [-0.4, -0.2) is 46.3 Å². The van der Waals surface area contributed by atoms with E-state index < -0.39 is 43.3 Å². The molecule has 1 aliphatic rings. The van der Waals surface area contributed by atoms with Crippen molar-refractivity contribution in [2.75, 3.05) is 13.7 Å². The number of nitrogens with zero attached hydrogens (tertiary/aromatic N) is 1. The van der Waals surface area contributed by atoms with Gasteiger partial charge in [0, 0.05) is 11.8 Å². The lowest BCUT2D eigenvalue weighted by atomic mass is 10.3. The van der Waals surface area contributed by atoms with Crippen LogP contribution in [0.15, 0.2) is 27.9 Å². The first-order chi connectivity index (χ1) is 12.1. The average molecular weight is 389 g/mol. The Bertz CT molecular complexity index is 860. The molecule has 144 valence electrons. The lowest BCUT2D eigenvalue weighted by Gasteiger charge is -2.20. The summed E-state index contributed by atoms with van der Waals surface area (Å²) in [6, 6.07) is -1.04. The van der Waals surface area contributed by atoms with E-state index in [1.165, 1.54) is 17.7 Å². The van der Waals surface area contributed by atoms with Gasteiger partial charge in [-0.3, -0.25) is 23.7 Å². The SMILES string of the molecule is COC(=O)C(C)NP(=O)(O)OC[C@@H]1C=C[C@H](n2cc(C)c(=O)[nH]c2=O)O1. The highest BCUT2D eigenvalue weighted by Gasteiger charge is 2.29. The third-order valence-corrected chi connectivity index (χ3v) is 4.76. The van der Waals surface area contributed by atoms with Gasteiger partial charge in [-0.25, -0.2) is 14.4 Å². The molecule has 12 heteroatoms. The Morgan fingerprint density at radius 2 is 2.19 bits per heavy atom. The lowest BCUT2D eigenvalue weighted by Crippen LogP contribution is -2.34. The molecule has 4 atom stereocenters. The van der Waals surface area contributed by atoms with Crippen molar-refractivity contribution in [3.05, 3.63) is 44.8 Å². The summed E-state index contributed by atoms with van der Waals surface area (Å²) >= 11 is 0. The van der Waals surface area contributed by atoms with Gasteiger partial charge in [0.2, 0.25) is 0 Å². The number of methoxy groups -OCH3 is 1. The van der Waals surface area contributed by atoms with E-state index >= 15 is 0 Å². The van der Waals surface area contributed by atoms with Gasteiger partial charge in [0.1, 0.15) is 12.1 Å². The monoisotopic (exact) mass is 389 g/mol. The number of nitrogens with one attached hydrogen (secondary N) is 2. The molecule has 1 aromatic heterocycles. The molecular formula is C14H20N3O8P. The number of aromatic nitrogens is 2. The van der Waals surface area contributed by atoms with Crippen LogP contribution in [0, 0.1) is 6.92 Å². The first kappa shape index (κ1) is 20.3. The number of carbonyl (C=O) groups excluding carboxylic acids is 1. The smallest absolute Gasteiger partial charge is 0.403 e. The van der Waals surface area contributed by atoms with E-state index in [-0.39, 0.29) is 6.61 Å². The molecule has 0 spiro atoms. The summed E-state index contributed by atoms with van der Waals surface area (Å²) in [6.07, 6.45) is 2.98. The van der Waals surface area contributed by atoms with E-state index in [0.717, 1.165) is 7.11 Å². The summed E-state index contributed by atoms with van der Waals surface area (Å²) in [5.41, 5.74) is -0.791. The van der Waals surface area contributed by atoms with Gasteiger partial charge in [0.25, 0.3) is 5.56 Å². The standard InChI is InChI=1S/C14H20N3O8P/c1-8-6-17(14(20)15-12(8)18)11-5-4-10(25-11)7-24-26(21,22)16-9(2)13(19)23-3/h4-6,9-11H,7H2,1-3H3,(H,15,18,20)(H2,16,21,22)/t9?,10-,11+/m0/s1. The molecule has 2 heterocycles. The van der Waals surface area contributed by atoms with Crippen LogP contribution in [0.1, 0.15) is 18.7 Å². The third-order valence-electron chi connectivity index (χ3n) is 3.55. The van der Waals surface area contributed by atoms with Crippen molar-refractivity contribution < 1.29 is 28.3 Å². The number of esters is 1. The Balaban J connectivity index is 1.94. The number of hydrogen-bond donors (Lipinski definition) is 3. The van der Waals surface area contributed by atoms with Gasteiger partial charge in [-0.05, 0) is 19.9 Å². The van der Waals surface area contributed by atoms with Crippen molar-refractivity contribution in [2.45, 2.75) is 32.2 Å². The Labute approximate surface area is 148 Å². The van der Waals surface area contributed by atoms with E-state index in [2.05, 4.69) is 14.8 Å². The molecule has 2 unspecified atom stereocenters. The van der Waals surface area contributed by atoms with Crippen molar-refractivity contribution >= 4 is 13.7 Å². The van der Waals surface area contributed by atoms with Gasteiger partial charge in [-0.15, -0.1) is 0 Å². The highest BCUT2D eigenvalue weighted by molar-refractivity contribution is 7.50. The minimum Gasteiger partial charge on any atom is -0.468 e. The number of hydrogen-bond acceptors (Lipinski definition) is 7. The molecule has 0 saturated carbocycles. The van der Waals surface area contributed by atoms with Gasteiger partial charge < -0.3 is 14.4 Å². The van der Waals surface area contributed by atoms with E-state index in [4.69, 9.17) is 9.26 Å². The first-order valence-corrected chi connectivity index (χ1v) is 9.19. The van der Waals surface area contributed by atoms with Crippen LogP contribution in [-0.2, 0) is 23.4 Å². The quantitative estimate of drug-likeness (QED) is 0.321. The van der Waals surface area contributed by atoms with Gasteiger partial charge in [0.15, 0.2) is 6.23 Å². The van der Waals surface area contributed by atoms with Gasteiger partial charge >= 0.3 is 19.4 Å². The fraction of sp³-hybridized carbons (Fsp3) is 0.500. The van der Waals surface area contributed by atoms with E-state index in [1.807, 2.05) is 0 Å². The maximum Gasteiger partial charge on any atom is 0.403 e. The molecule has 1 aromatic rings. The Kier molecular flexibility index (Phi) is 6.32. The number of aryl methyl sites for hydroxylation is 1. The van der Waals surface area contributed by atoms with Crippen LogP contribution >= 0.6 is 7.75 Å². The highest BCUT2D eigenvalue weighted by Crippen LogP contribution is 2.38. The predicted octanol–water partition coefficient (Wildman–Crippen LogP) is -0.433. The highest BCUT2D eigenvalue weighted by atomic mass is 31.2. The summed E-state index contributed by atoms with van der Waals surface area (Å²) in [5.74, 6) is -0.715. The molecule has 0 saturated heterocycles. The molecule has 1 aliphatic heterocycles. The molecule has 3 N–H and O–H groups in total. The lowest BCUT2D eigenvalue weighted by molar-refractivity contribution is -0.142. The Hall–Kier alpha value is -2.04. The zero-order valence-corrected chi connectivity index (χ0v) is 15.3. The predicted molar refractivity (Wildman–Crippen MR) is 89.5 cm³/mol. The first-order valence-electron chi connectivity index (χ1n) is 7.62. The van der Waals surface area contributed by atoms with Crippen LogP contribution in [0.5, 0.6) is 0 Å². The second kappa shape index (κ2) is 8.11. The van der Waals surface area contributed by atoms with Crippen LogP contribution in [0.4, 0.5) is 0 Å². The minimum absolute atomic E-state index is 0.293. The fourth-order valence-electron chi connectivity index (χ4n) is 2.20. The Morgan fingerprint density at radius 3 is 2.85 bits per heavy atom. The molecule has 0 bridgehead atoms. The van der Waals surface area contributed by atoms with Gasteiger partial charge in [-0.2, -0.15) is 0 Å². The van der Waals surface area contributed by atoms with Crippen LogP contribution < -0.4 is 16.3 Å². The maximum atomic E-state index is 11.9. The van der Waals surface area contributed by atoms with Crippen molar-refractivity contribution in [2.24, 2.45) is 0 Å². The number of aromatic amines is 1. The van der Waals surface area contributed by atoms with Gasteiger partial charge in [0.05, 0.1) is 13.7 Å². The summed E-state index contributed by atoms with van der Waals surface area (Å²) < 4.78 is 28.0. The second-order valence-corrected chi connectivity index (χ2v) is 7.18. The molecular weight excluding hydrogens is 369 g/mol. The van der Waals surface area contributed by atoms with Crippen molar-refractivity contribution in [3.8, 4) is 0 Å². The molecule has 2 rings (SSSR count). The number of ether oxygens (including phenoxy) is 2. The second-order valence-electron chi connectivity index (χ2n) is 5.62. The normalized spacial score (nSPS) is 22.8. The summed E-state index contributed by atoms with van der Waals surface area (Å²) in [5, 5.41) is 2.14. The molecule has 0 radical (unpaired) electrons. The number of rotatable bonds is 7. The molecule has 0 amide bonds. The summed E-state index contributed by atoms with van der Waals surface area (Å²) in [6.45, 7) is 2.61. The van der Waals surface area contributed by atoms with Crippen molar-refractivity contribution in [1.29, 1.82) is 0 Å². The molecule has 0 aliphatic carbocycles. The zero-order chi connectivity index (χ0) is 19.5. The van der Waals surface area contributed by atoms with Crippen LogP contribution in [0.2, 0.25) is 0 Å². The zero-order valence-electron chi connectivity index (χ0n) is 14.4. The third kappa shape index (κ3) is 4.99. The van der Waals surface area contributed by atoms with Crippen molar-refractivity contribution in [1.82, 2.24) is 14.6 Å². The number of H-pyrrole nitrogens is 1. The largest absolute Gasteiger partial charge is 0.468 e. The molecule has 26 heavy (non-hydrogen) atoms. The Morgan fingerprint density at radius 1 is 1.50 bits per heavy atom. The van der Waals surface area contributed by atoms with Crippen LogP contribution in [0.3, 0.4) is 0 Å². The summed E-state index contributed by atoms with van der Waals surface area (Å²) in [4.78, 5) is 46.4. The molecule has 11 nitrogen and oxygen atoms in total. The minimum atomic E-state index is -4.26. The molecule has 0 fully saturated rings. The average Bonchev–Trinajstić information content (AvgIpc) is 3.04. The van der Waals surface area contributed by atoms with Gasteiger partial charge in [-0.1, -0.05) is 6.08 Å². The van der Waals surface area contributed by atoms with Crippen molar-refractivity contribution in [3.63, 3.8) is 0 Å². The van der Waals surface area contributed by atoms with E-state index in [9.17, 15) is 23.8 Å². The number of carbonyl (C=O) groups is 1. The summed E-state index contributed by atoms with van der Waals surface area (Å²) in [7, 11) is -3.11. The maximum absolute atomic E-state index is 11.9. The van der Waals surface area contributed by atoms with Crippen LogP contribution in [0.25, 0.3) is 0 Å². The van der Waals surface area contributed by atoms with E-state index in [1.54, 1.807) is 19.1 Å².